The molecule has 1 aromatic rings. The number of ketones is 2. The lowest BCUT2D eigenvalue weighted by Gasteiger charge is -2.52. The number of hydrogen-bond acceptors (Lipinski definition) is 15. The fraction of sp³-hybridized carbons (Fsp3) is 0.650. The van der Waals surface area contributed by atoms with E-state index >= 15 is 0 Å². The molecule has 2 N–H and O–H groups in total. The Balaban J connectivity index is 0.000000266. The minimum Gasteiger partial charge on any atom is -0.493 e. The van der Waals surface area contributed by atoms with E-state index in [2.05, 4.69) is 16.9 Å². The number of fused-ring (bicyclic) bond motifs is 3. The van der Waals surface area contributed by atoms with Crippen molar-refractivity contribution in [3.8, 4) is 11.5 Å². The summed E-state index contributed by atoms with van der Waals surface area (Å²) in [5.41, 5.74) is -0.295. The maximum absolute atomic E-state index is 12.7. The highest BCUT2D eigenvalue weighted by Crippen LogP contribution is 2.62. The van der Waals surface area contributed by atoms with E-state index in [1.165, 1.54) is 33.6 Å². The third-order valence-corrected chi connectivity index (χ3v) is 11.2. The van der Waals surface area contributed by atoms with E-state index in [9.17, 15) is 39.3 Å². The Kier molecular flexibility index (Phi) is 16.7. The Hall–Kier alpha value is -4.70. The summed E-state index contributed by atoms with van der Waals surface area (Å²) in [7, 11) is 3.00. The van der Waals surface area contributed by atoms with E-state index in [1.54, 1.807) is 37.3 Å². The molecule has 0 amide bonds. The number of methoxy groups -OCH3 is 2. The number of nitrogens with zero attached hydrogens (tertiary/aromatic N) is 2. The number of Topliss-reactive ketones (excluding diaryl/α,β-unsaturated/α-hetero) is 1. The Bertz CT molecular complexity index is 1620. The maximum atomic E-state index is 12.7. The molecule has 56 heavy (non-hydrogen) atoms. The van der Waals surface area contributed by atoms with Gasteiger partial charge in [0.05, 0.1) is 32.5 Å². The number of carbonyl (C=O) groups is 4. The van der Waals surface area contributed by atoms with Crippen LogP contribution in [0.1, 0.15) is 102 Å². The Morgan fingerprint density at radius 3 is 2.43 bits per heavy atom. The second-order valence-corrected chi connectivity index (χ2v) is 15.7. The largest absolute Gasteiger partial charge is 0.493 e. The fourth-order valence-electron chi connectivity index (χ4n) is 8.79. The second kappa shape index (κ2) is 20.5. The molecule has 4 aliphatic carbocycles. The van der Waals surface area contributed by atoms with Crippen LogP contribution in [0.3, 0.4) is 0 Å². The molecule has 0 radical (unpaired) electrons. The predicted octanol–water partition coefficient (Wildman–Crippen LogP) is 5.88. The molecule has 1 spiro atoms. The molecule has 1 aromatic carbocycles. The first kappa shape index (κ1) is 45.7. The minimum atomic E-state index is -1.39. The van der Waals surface area contributed by atoms with Crippen molar-refractivity contribution >= 4 is 24.0 Å². The van der Waals surface area contributed by atoms with Gasteiger partial charge >= 0.3 is 5.97 Å². The van der Waals surface area contributed by atoms with E-state index in [1.807, 2.05) is 6.08 Å². The average molecular weight is 789 g/mol. The van der Waals surface area contributed by atoms with Gasteiger partial charge in [0, 0.05) is 11.3 Å². The zero-order valence-corrected chi connectivity index (χ0v) is 33.1. The van der Waals surface area contributed by atoms with E-state index < -0.39 is 29.0 Å². The standard InChI is InChI=1S/C22H28O5.C15H21NO7.C3H7NO2/c1-21-10-17(25)11-22-7-6-16(24)8-15(22)3-2-14(9-22)18(21)4-5-19(21)20(26)12-27-13-23;1-11(23-16(18)19)6-4-5-9-22-15(17)12-7-8-13(20-2)14(10-12)21-3;1-3(2,5)4-6/h6-8,13-14,17-19,25H,2-5,9-12H2,1H3;7-8,10-11H,4-6,9H2,1-3H3;5H,1-2H3. The van der Waals surface area contributed by atoms with E-state index in [-0.39, 0.29) is 41.5 Å². The molecule has 0 saturated heterocycles. The smallest absolute Gasteiger partial charge is 0.338 e. The molecular formula is C40H56N2O14. The van der Waals surface area contributed by atoms with Crippen LogP contribution in [-0.4, -0.2) is 84.7 Å². The number of carbonyl (C=O) groups excluding carboxylic acids is 4. The lowest BCUT2D eigenvalue weighted by atomic mass is 9.53. The van der Waals surface area contributed by atoms with Gasteiger partial charge in [-0.2, -0.15) is 0 Å². The average Bonchev–Trinajstić information content (AvgIpc) is 3.48. The highest BCUT2D eigenvalue weighted by molar-refractivity contribution is 6.01. The number of rotatable bonds is 15. The molecule has 0 heterocycles. The molecule has 16 nitrogen and oxygen atoms in total. The van der Waals surface area contributed by atoms with Crippen LogP contribution in [0.5, 0.6) is 11.5 Å². The van der Waals surface area contributed by atoms with Crippen LogP contribution in [0.4, 0.5) is 0 Å². The van der Waals surface area contributed by atoms with Gasteiger partial charge in [0.25, 0.3) is 11.6 Å². The van der Waals surface area contributed by atoms with Gasteiger partial charge in [-0.25, -0.2) is 4.79 Å². The number of hydrogen-bond donors (Lipinski definition) is 2. The molecule has 3 fully saturated rings. The fourth-order valence-corrected chi connectivity index (χ4v) is 8.79. The molecule has 7 atom stereocenters. The van der Waals surface area contributed by atoms with Crippen molar-refractivity contribution in [3.05, 3.63) is 62.6 Å². The van der Waals surface area contributed by atoms with Crippen molar-refractivity contribution in [2.75, 3.05) is 27.4 Å². The van der Waals surface area contributed by atoms with Gasteiger partial charge in [-0.1, -0.05) is 18.6 Å². The Morgan fingerprint density at radius 2 is 1.80 bits per heavy atom. The highest BCUT2D eigenvalue weighted by atomic mass is 17.0. The van der Waals surface area contributed by atoms with Crippen molar-refractivity contribution in [3.63, 3.8) is 0 Å². The number of allylic oxidation sites excluding steroid dienone is 4. The molecule has 0 aliphatic heterocycles. The maximum Gasteiger partial charge on any atom is 0.338 e. The van der Waals surface area contributed by atoms with Crippen molar-refractivity contribution in [2.45, 2.75) is 110 Å². The molecule has 5 rings (SSSR count). The summed E-state index contributed by atoms with van der Waals surface area (Å²) in [6, 6.07) is 4.77. The molecule has 16 heteroatoms. The van der Waals surface area contributed by atoms with Crippen molar-refractivity contribution in [2.24, 2.45) is 33.8 Å². The zero-order valence-electron chi connectivity index (χ0n) is 33.1. The monoisotopic (exact) mass is 788 g/mol. The first-order valence-corrected chi connectivity index (χ1v) is 18.9. The predicted molar refractivity (Wildman–Crippen MR) is 202 cm³/mol. The molecule has 4 aliphatic rings. The molecule has 310 valence electrons. The minimum absolute atomic E-state index is 0.0193. The van der Waals surface area contributed by atoms with Crippen LogP contribution in [0, 0.1) is 43.6 Å². The highest BCUT2D eigenvalue weighted by Gasteiger charge is 2.57. The number of esters is 1. The van der Waals surface area contributed by atoms with Crippen LogP contribution in [0.15, 0.2) is 47.2 Å². The SMILES string of the molecule is CC(C)(O)N=O.CC12CC(O)CC34C=CC(=O)C=C3CCC(C4)C1CCC2C(=O)COC=O.COc1ccc(C(=O)OCCCCC(C)O[N+](=O)[O-])cc1OC. The third-order valence-electron chi connectivity index (χ3n) is 11.2. The molecule has 3 saturated carbocycles. The van der Waals surface area contributed by atoms with Gasteiger partial charge in [-0.3, -0.25) is 14.4 Å². The van der Waals surface area contributed by atoms with Gasteiger partial charge in [0.15, 0.2) is 28.8 Å². The van der Waals surface area contributed by atoms with Crippen LogP contribution in [0.2, 0.25) is 0 Å². The van der Waals surface area contributed by atoms with E-state index in [4.69, 9.17) is 24.1 Å². The molecular weight excluding hydrogens is 732 g/mol. The first-order valence-electron chi connectivity index (χ1n) is 18.9. The third kappa shape index (κ3) is 12.4. The van der Waals surface area contributed by atoms with Crippen molar-refractivity contribution < 1.29 is 58.3 Å². The Morgan fingerprint density at radius 1 is 1.11 bits per heavy atom. The van der Waals surface area contributed by atoms with Gasteiger partial charge in [-0.15, -0.1) is 15.0 Å². The summed E-state index contributed by atoms with van der Waals surface area (Å²) in [6.07, 6.45) is 12.2. The summed E-state index contributed by atoms with van der Waals surface area (Å²) in [5.74, 6) is 1.26. The molecule has 2 bridgehead atoms. The summed E-state index contributed by atoms with van der Waals surface area (Å²) in [4.78, 5) is 70.8. The van der Waals surface area contributed by atoms with Crippen LogP contribution in [-0.2, 0) is 28.7 Å². The van der Waals surface area contributed by atoms with Gasteiger partial charge in [0.1, 0.15) is 12.7 Å². The van der Waals surface area contributed by atoms with E-state index in [0.29, 0.717) is 67.5 Å². The van der Waals surface area contributed by atoms with Gasteiger partial charge < -0.3 is 34.0 Å². The van der Waals surface area contributed by atoms with Crippen LogP contribution < -0.4 is 9.47 Å². The number of ether oxygens (including phenoxy) is 4. The number of nitroso groups, excluding NO2 is 1. The van der Waals surface area contributed by atoms with Crippen molar-refractivity contribution in [1.82, 2.24) is 0 Å². The number of unbranched alkanes of at least 4 members (excludes halogenated alkanes) is 1. The molecule has 7 unspecified atom stereocenters. The summed E-state index contributed by atoms with van der Waals surface area (Å²) >= 11 is 0. The lowest BCUT2D eigenvalue weighted by Crippen LogP contribution is -2.47. The number of benzene rings is 1. The topological polar surface area (TPSA) is 227 Å². The van der Waals surface area contributed by atoms with E-state index in [0.717, 1.165) is 32.1 Å². The number of aliphatic hydroxyl groups is 2. The quantitative estimate of drug-likeness (QED) is 0.0529. The van der Waals surface area contributed by atoms with Crippen LogP contribution in [0.25, 0.3) is 0 Å². The zero-order chi connectivity index (χ0) is 41.7. The summed E-state index contributed by atoms with van der Waals surface area (Å²) in [6.45, 7) is 6.81. The summed E-state index contributed by atoms with van der Waals surface area (Å²) in [5, 5.41) is 31.0. The second-order valence-electron chi connectivity index (χ2n) is 15.7. The van der Waals surface area contributed by atoms with Gasteiger partial charge in [0.2, 0.25) is 0 Å². The summed E-state index contributed by atoms with van der Waals surface area (Å²) < 4.78 is 20.1. The van der Waals surface area contributed by atoms with Crippen LogP contribution >= 0.6 is 0 Å². The van der Waals surface area contributed by atoms with Gasteiger partial charge in [-0.05, 0) is 138 Å². The first-order chi connectivity index (χ1) is 26.4. The number of aliphatic hydroxyl groups excluding tert-OH is 1. The van der Waals surface area contributed by atoms with Crippen molar-refractivity contribution in [1.29, 1.82) is 0 Å². The molecule has 0 aromatic heterocycles. The lowest BCUT2D eigenvalue weighted by molar-refractivity contribution is -0.767. The normalized spacial score (nSPS) is 26.6. The Labute approximate surface area is 327 Å².